The van der Waals surface area contributed by atoms with Gasteiger partial charge in [0.25, 0.3) is 0 Å². The zero-order valence-corrected chi connectivity index (χ0v) is 15.4. The molecule has 7 heteroatoms. The molecule has 26 heavy (non-hydrogen) atoms. The van der Waals surface area contributed by atoms with Gasteiger partial charge in [0.05, 0.1) is 22.3 Å². The minimum Gasteiger partial charge on any atom is -0.389 e. The largest absolute Gasteiger partial charge is 0.389 e. The molecule has 0 amide bonds. The van der Waals surface area contributed by atoms with E-state index in [2.05, 4.69) is 6.07 Å². The first kappa shape index (κ1) is 19.2. The molecule has 1 aliphatic heterocycles. The first-order chi connectivity index (χ1) is 12.5. The minimum absolute atomic E-state index is 0.322. The van der Waals surface area contributed by atoms with Crippen molar-refractivity contribution in [1.82, 2.24) is 0 Å². The quantitative estimate of drug-likeness (QED) is 0.633. The van der Waals surface area contributed by atoms with E-state index < -0.39 is 24.4 Å². The maximum absolute atomic E-state index is 10.8. The molecule has 2 aromatic rings. The summed E-state index contributed by atoms with van der Waals surface area (Å²) < 4.78 is -0.386. The van der Waals surface area contributed by atoms with Crippen molar-refractivity contribution in [3.8, 4) is 6.07 Å². The summed E-state index contributed by atoms with van der Waals surface area (Å²) in [4.78, 5) is 0.723. The fourth-order valence-corrected chi connectivity index (χ4v) is 5.53. The average molecular weight is 389 g/mol. The van der Waals surface area contributed by atoms with E-state index in [0.717, 1.165) is 4.90 Å². The van der Waals surface area contributed by atoms with E-state index in [1.807, 2.05) is 30.3 Å². The molecule has 0 radical (unpaired) electrons. The van der Waals surface area contributed by atoms with Gasteiger partial charge < -0.3 is 20.4 Å². The molecule has 5 atom stereocenters. The number of hydrogen-bond acceptors (Lipinski definition) is 7. The van der Waals surface area contributed by atoms with Gasteiger partial charge in [-0.05, 0) is 29.3 Å². The van der Waals surface area contributed by atoms with Crippen molar-refractivity contribution in [3.05, 3.63) is 65.2 Å². The minimum atomic E-state index is -1.20. The lowest BCUT2D eigenvalue weighted by atomic mass is 10.00. The number of aliphatic hydroxyl groups excluding tert-OH is 4. The molecule has 3 rings (SSSR count). The van der Waals surface area contributed by atoms with Crippen molar-refractivity contribution in [3.63, 3.8) is 0 Å². The lowest BCUT2D eigenvalue weighted by molar-refractivity contribution is -0.0474. The SMILES string of the molecule is N#Cc1ccc(S[C@@H]2SC[C@@H](O)[C@H](O)[C@H]2O)c(C(O)c2ccccc2)c1. The standard InChI is InChI=1S/C19H19NO4S2/c20-9-11-6-7-15(26-19-18(24)17(23)14(21)10-25-19)13(8-11)16(22)12-4-2-1-3-5-12/h1-8,14,16-19,21-24H,10H2/t14-,16?,17+,18-,19+/m1/s1. The molecule has 1 unspecified atom stereocenters. The molecule has 2 aromatic carbocycles. The van der Waals surface area contributed by atoms with Crippen LogP contribution < -0.4 is 0 Å². The van der Waals surface area contributed by atoms with Crippen LogP contribution in [0.4, 0.5) is 0 Å². The van der Waals surface area contributed by atoms with Gasteiger partial charge in [-0.1, -0.05) is 30.3 Å². The lowest BCUT2D eigenvalue weighted by Gasteiger charge is -2.34. The van der Waals surface area contributed by atoms with Gasteiger partial charge in [0.15, 0.2) is 0 Å². The maximum Gasteiger partial charge on any atom is 0.108 e. The summed E-state index contributed by atoms with van der Waals surface area (Å²) in [7, 11) is 0. The zero-order valence-electron chi connectivity index (χ0n) is 13.8. The molecule has 1 fully saturated rings. The summed E-state index contributed by atoms with van der Waals surface area (Å²) in [5, 5.41) is 49.8. The molecule has 0 bridgehead atoms. The second kappa shape index (κ2) is 8.44. The Hall–Kier alpha value is -1.53. The van der Waals surface area contributed by atoms with Crippen molar-refractivity contribution in [1.29, 1.82) is 5.26 Å². The molecule has 0 saturated carbocycles. The van der Waals surface area contributed by atoms with Crippen molar-refractivity contribution in [2.45, 2.75) is 33.9 Å². The summed E-state index contributed by atoms with van der Waals surface area (Å²) in [6.45, 7) is 0. The van der Waals surface area contributed by atoms with Crippen molar-refractivity contribution >= 4 is 23.5 Å². The smallest absolute Gasteiger partial charge is 0.108 e. The third-order valence-corrected chi connectivity index (χ3v) is 7.22. The summed E-state index contributed by atoms with van der Waals surface area (Å²) in [5.74, 6) is 0.322. The predicted octanol–water partition coefficient (Wildman–Crippen LogP) is 1.89. The van der Waals surface area contributed by atoms with Crippen LogP contribution in [0.2, 0.25) is 0 Å². The van der Waals surface area contributed by atoms with Crippen LogP contribution in [0.15, 0.2) is 53.4 Å². The Labute approximate surface area is 160 Å². The molecule has 0 aromatic heterocycles. The van der Waals surface area contributed by atoms with Gasteiger partial charge in [-0.25, -0.2) is 0 Å². The van der Waals surface area contributed by atoms with Crippen LogP contribution in [0.25, 0.3) is 0 Å². The Bertz CT molecular complexity index is 796. The summed E-state index contributed by atoms with van der Waals surface area (Å²) in [5.41, 5.74) is 1.72. The van der Waals surface area contributed by atoms with Crippen LogP contribution >= 0.6 is 23.5 Å². The van der Waals surface area contributed by atoms with Crippen LogP contribution in [0.1, 0.15) is 22.8 Å². The van der Waals surface area contributed by atoms with Gasteiger partial charge in [-0.3, -0.25) is 0 Å². The maximum atomic E-state index is 10.8. The topological polar surface area (TPSA) is 105 Å². The molecular formula is C19H19NO4S2. The van der Waals surface area contributed by atoms with E-state index in [9.17, 15) is 25.7 Å². The van der Waals surface area contributed by atoms with Gasteiger partial charge in [-0.2, -0.15) is 5.26 Å². The third-order valence-electron chi connectivity index (χ3n) is 4.25. The molecule has 4 N–H and O–H groups in total. The number of aliphatic hydroxyl groups is 4. The van der Waals surface area contributed by atoms with E-state index in [4.69, 9.17) is 0 Å². The lowest BCUT2D eigenvalue weighted by Crippen LogP contribution is -2.47. The first-order valence-electron chi connectivity index (χ1n) is 8.10. The molecule has 1 saturated heterocycles. The van der Waals surface area contributed by atoms with Crippen LogP contribution in [0.5, 0.6) is 0 Å². The molecule has 5 nitrogen and oxygen atoms in total. The Morgan fingerprint density at radius 3 is 2.50 bits per heavy atom. The zero-order chi connectivity index (χ0) is 18.7. The van der Waals surface area contributed by atoms with E-state index in [1.54, 1.807) is 18.2 Å². The van der Waals surface area contributed by atoms with Crippen molar-refractivity contribution in [2.75, 3.05) is 5.75 Å². The van der Waals surface area contributed by atoms with Crippen LogP contribution in [0, 0.1) is 11.3 Å². The number of thioether (sulfide) groups is 2. The normalized spacial score (nSPS) is 26.9. The average Bonchev–Trinajstić information content (AvgIpc) is 2.68. The fraction of sp³-hybridized carbons (Fsp3) is 0.316. The van der Waals surface area contributed by atoms with Gasteiger partial charge >= 0.3 is 0 Å². The van der Waals surface area contributed by atoms with E-state index >= 15 is 0 Å². The highest BCUT2D eigenvalue weighted by atomic mass is 32.2. The van der Waals surface area contributed by atoms with E-state index in [0.29, 0.717) is 22.4 Å². The molecule has 0 spiro atoms. The van der Waals surface area contributed by atoms with Crippen LogP contribution in [0.3, 0.4) is 0 Å². The number of nitriles is 1. The summed E-state index contributed by atoms with van der Waals surface area (Å²) in [6, 6.07) is 16.3. The molecule has 136 valence electrons. The molecular weight excluding hydrogens is 370 g/mol. The van der Waals surface area contributed by atoms with Gasteiger partial charge in [0.2, 0.25) is 0 Å². The number of hydrogen-bond donors (Lipinski definition) is 4. The molecule has 1 aliphatic rings. The fourth-order valence-electron chi connectivity index (χ4n) is 2.76. The second-order valence-electron chi connectivity index (χ2n) is 6.05. The van der Waals surface area contributed by atoms with Crippen molar-refractivity contribution < 1.29 is 20.4 Å². The summed E-state index contributed by atoms with van der Waals surface area (Å²) in [6.07, 6.45) is -4.16. The summed E-state index contributed by atoms with van der Waals surface area (Å²) >= 11 is 2.68. The monoisotopic (exact) mass is 389 g/mol. The first-order valence-corrected chi connectivity index (χ1v) is 10.0. The van der Waals surface area contributed by atoms with Crippen LogP contribution in [-0.2, 0) is 0 Å². The number of rotatable bonds is 4. The van der Waals surface area contributed by atoms with Gasteiger partial charge in [0, 0.05) is 10.6 Å². The van der Waals surface area contributed by atoms with E-state index in [1.165, 1.54) is 23.5 Å². The molecule has 1 heterocycles. The highest BCUT2D eigenvalue weighted by Gasteiger charge is 2.38. The predicted molar refractivity (Wildman–Crippen MR) is 102 cm³/mol. The van der Waals surface area contributed by atoms with Crippen LogP contribution in [-0.4, -0.2) is 49.1 Å². The second-order valence-corrected chi connectivity index (χ2v) is 8.70. The van der Waals surface area contributed by atoms with E-state index in [-0.39, 0.29) is 4.58 Å². The van der Waals surface area contributed by atoms with Gasteiger partial charge in [0.1, 0.15) is 18.3 Å². The van der Waals surface area contributed by atoms with Crippen molar-refractivity contribution in [2.24, 2.45) is 0 Å². The van der Waals surface area contributed by atoms with Gasteiger partial charge in [-0.15, -0.1) is 23.5 Å². The number of nitrogens with zero attached hydrogens (tertiary/aromatic N) is 1. The Kier molecular flexibility index (Phi) is 6.24. The Morgan fingerprint density at radius 2 is 1.81 bits per heavy atom. The highest BCUT2D eigenvalue weighted by molar-refractivity contribution is 8.17. The Balaban J connectivity index is 1.91. The number of benzene rings is 2. The Morgan fingerprint density at radius 1 is 1.08 bits per heavy atom. The highest BCUT2D eigenvalue weighted by Crippen LogP contribution is 2.42. The third kappa shape index (κ3) is 4.07. The molecule has 0 aliphatic carbocycles.